The summed E-state index contributed by atoms with van der Waals surface area (Å²) in [6.07, 6.45) is 0. The second-order valence-corrected chi connectivity index (χ2v) is 3.97. The van der Waals surface area contributed by atoms with Gasteiger partial charge in [-0.3, -0.25) is 13.9 Å². The fourth-order valence-corrected chi connectivity index (χ4v) is 1.95. The highest BCUT2D eigenvalue weighted by Gasteiger charge is 2.10. The van der Waals surface area contributed by atoms with Crippen LogP contribution in [0.2, 0.25) is 0 Å². The van der Waals surface area contributed by atoms with Crippen LogP contribution in [0.1, 0.15) is 0 Å². The van der Waals surface area contributed by atoms with Crippen molar-refractivity contribution >= 4 is 10.9 Å². The minimum Gasteiger partial charge on any atom is -0.497 e. The molecule has 0 radical (unpaired) electrons. The molecule has 1 aromatic carbocycles. The molecular formula is C12H15N3O3. The molecule has 6 heteroatoms. The van der Waals surface area contributed by atoms with E-state index in [4.69, 9.17) is 10.5 Å². The molecule has 0 saturated carbocycles. The maximum atomic E-state index is 12.2. The van der Waals surface area contributed by atoms with Gasteiger partial charge in [0, 0.05) is 20.1 Å². The zero-order chi connectivity index (χ0) is 13.3. The van der Waals surface area contributed by atoms with Crippen molar-refractivity contribution in [1.29, 1.82) is 0 Å². The molecule has 0 saturated heterocycles. The third kappa shape index (κ3) is 1.80. The van der Waals surface area contributed by atoms with E-state index in [2.05, 4.69) is 0 Å². The minimum atomic E-state index is -0.358. The van der Waals surface area contributed by atoms with Gasteiger partial charge in [0.05, 0.1) is 18.0 Å². The van der Waals surface area contributed by atoms with Crippen LogP contribution in [0, 0.1) is 0 Å². The summed E-state index contributed by atoms with van der Waals surface area (Å²) in [5, 5.41) is 0.449. The van der Waals surface area contributed by atoms with Crippen LogP contribution in [-0.4, -0.2) is 22.8 Å². The molecule has 0 aliphatic heterocycles. The van der Waals surface area contributed by atoms with E-state index in [9.17, 15) is 9.59 Å². The van der Waals surface area contributed by atoms with Crippen molar-refractivity contribution in [3.63, 3.8) is 0 Å². The van der Waals surface area contributed by atoms with Crippen LogP contribution in [0.3, 0.4) is 0 Å². The number of hydrogen-bond acceptors (Lipinski definition) is 4. The second-order valence-electron chi connectivity index (χ2n) is 3.97. The van der Waals surface area contributed by atoms with Crippen LogP contribution >= 0.6 is 0 Å². The average molecular weight is 249 g/mol. The number of hydrogen-bond donors (Lipinski definition) is 1. The zero-order valence-corrected chi connectivity index (χ0v) is 10.3. The summed E-state index contributed by atoms with van der Waals surface area (Å²) in [7, 11) is 3.16. The molecule has 6 nitrogen and oxygen atoms in total. The molecule has 1 aromatic heterocycles. The quantitative estimate of drug-likeness (QED) is 0.807. The molecule has 0 unspecified atom stereocenters. The number of rotatable bonds is 3. The Morgan fingerprint density at radius 1 is 1.33 bits per heavy atom. The van der Waals surface area contributed by atoms with E-state index in [1.807, 2.05) is 0 Å². The molecule has 0 aliphatic carbocycles. The third-order valence-corrected chi connectivity index (χ3v) is 2.91. The topological polar surface area (TPSA) is 79.2 Å². The van der Waals surface area contributed by atoms with Crippen LogP contribution in [0.5, 0.6) is 5.75 Å². The van der Waals surface area contributed by atoms with Crippen molar-refractivity contribution < 1.29 is 4.74 Å². The Hall–Kier alpha value is -2.08. The molecule has 2 aromatic rings. The molecule has 1 heterocycles. The Morgan fingerprint density at radius 2 is 2.06 bits per heavy atom. The monoisotopic (exact) mass is 249 g/mol. The standard InChI is InChI=1S/C12H15N3O3/c1-14-10-4-3-8(18-2)7-9(10)11(16)15(6-5-13)12(14)17/h3-4,7H,5-6,13H2,1-2H3. The Kier molecular flexibility index (Phi) is 3.20. The van der Waals surface area contributed by atoms with Gasteiger partial charge in [0.25, 0.3) is 5.56 Å². The lowest BCUT2D eigenvalue weighted by Crippen LogP contribution is -2.40. The van der Waals surface area contributed by atoms with Crippen LogP contribution in [-0.2, 0) is 13.6 Å². The number of nitrogens with zero attached hydrogens (tertiary/aromatic N) is 2. The predicted molar refractivity (Wildman–Crippen MR) is 69.1 cm³/mol. The first-order valence-electron chi connectivity index (χ1n) is 5.57. The maximum absolute atomic E-state index is 12.2. The summed E-state index contributed by atoms with van der Waals surface area (Å²) >= 11 is 0. The summed E-state index contributed by atoms with van der Waals surface area (Å²) < 4.78 is 7.66. The SMILES string of the molecule is COc1ccc2c(c1)c(=O)n(CCN)c(=O)n2C. The molecule has 96 valence electrons. The molecule has 2 N–H and O–H groups in total. The number of ether oxygens (including phenoxy) is 1. The van der Waals surface area contributed by atoms with E-state index in [1.54, 1.807) is 25.2 Å². The van der Waals surface area contributed by atoms with Gasteiger partial charge in [0.1, 0.15) is 5.75 Å². The normalized spacial score (nSPS) is 10.8. The Labute approximate surface area is 103 Å². The van der Waals surface area contributed by atoms with Crippen molar-refractivity contribution in [1.82, 2.24) is 9.13 Å². The van der Waals surface area contributed by atoms with Crippen LogP contribution in [0.4, 0.5) is 0 Å². The van der Waals surface area contributed by atoms with Gasteiger partial charge in [0.2, 0.25) is 0 Å². The summed E-state index contributed by atoms with van der Waals surface area (Å²) in [5.74, 6) is 0.581. The molecule has 0 fully saturated rings. The predicted octanol–water partition coefficient (Wildman–Crippen LogP) is -0.333. The van der Waals surface area contributed by atoms with E-state index in [1.165, 1.54) is 11.7 Å². The second kappa shape index (κ2) is 4.66. The average Bonchev–Trinajstić information content (AvgIpc) is 2.40. The smallest absolute Gasteiger partial charge is 0.331 e. The van der Waals surface area contributed by atoms with Crippen LogP contribution < -0.4 is 21.7 Å². The van der Waals surface area contributed by atoms with Gasteiger partial charge in [-0.1, -0.05) is 0 Å². The van der Waals surface area contributed by atoms with Gasteiger partial charge in [-0.25, -0.2) is 4.79 Å². The minimum absolute atomic E-state index is 0.207. The summed E-state index contributed by atoms with van der Waals surface area (Å²) in [6.45, 7) is 0.448. The Balaban J connectivity index is 2.90. The van der Waals surface area contributed by atoms with E-state index < -0.39 is 0 Å². The molecule has 0 spiro atoms. The fraction of sp³-hybridized carbons (Fsp3) is 0.333. The first-order valence-corrected chi connectivity index (χ1v) is 5.57. The Morgan fingerprint density at radius 3 is 2.67 bits per heavy atom. The lowest BCUT2D eigenvalue weighted by molar-refractivity contribution is 0.415. The third-order valence-electron chi connectivity index (χ3n) is 2.91. The van der Waals surface area contributed by atoms with Crippen LogP contribution in [0.15, 0.2) is 27.8 Å². The highest BCUT2D eigenvalue weighted by Crippen LogP contribution is 2.16. The van der Waals surface area contributed by atoms with Gasteiger partial charge in [0.15, 0.2) is 0 Å². The van der Waals surface area contributed by atoms with Gasteiger partial charge >= 0.3 is 5.69 Å². The number of aryl methyl sites for hydroxylation is 1. The van der Waals surface area contributed by atoms with Crippen molar-refractivity contribution in [3.8, 4) is 5.75 Å². The van der Waals surface area contributed by atoms with Gasteiger partial charge in [-0.2, -0.15) is 0 Å². The molecule has 0 atom stereocenters. The first-order chi connectivity index (χ1) is 8.60. The molecule has 18 heavy (non-hydrogen) atoms. The maximum Gasteiger partial charge on any atom is 0.331 e. The molecule has 0 bridgehead atoms. The molecular weight excluding hydrogens is 234 g/mol. The highest BCUT2D eigenvalue weighted by atomic mass is 16.5. The lowest BCUT2D eigenvalue weighted by Gasteiger charge is -2.10. The zero-order valence-electron chi connectivity index (χ0n) is 10.3. The van der Waals surface area contributed by atoms with Crippen molar-refractivity contribution in [2.24, 2.45) is 12.8 Å². The van der Waals surface area contributed by atoms with E-state index in [-0.39, 0.29) is 24.3 Å². The first kappa shape index (κ1) is 12.4. The number of benzene rings is 1. The molecule has 2 rings (SSSR count). The summed E-state index contributed by atoms with van der Waals surface area (Å²) in [6, 6.07) is 5.04. The number of nitrogens with two attached hydrogens (primary N) is 1. The van der Waals surface area contributed by atoms with E-state index in [0.717, 1.165) is 4.57 Å². The number of aromatic nitrogens is 2. The largest absolute Gasteiger partial charge is 0.497 e. The summed E-state index contributed by atoms with van der Waals surface area (Å²) in [5.41, 5.74) is 5.30. The van der Waals surface area contributed by atoms with Crippen molar-refractivity contribution in [2.45, 2.75) is 6.54 Å². The van der Waals surface area contributed by atoms with Crippen LogP contribution in [0.25, 0.3) is 10.9 Å². The van der Waals surface area contributed by atoms with Gasteiger partial charge in [-0.15, -0.1) is 0 Å². The Bertz CT molecular complexity index is 700. The van der Waals surface area contributed by atoms with E-state index in [0.29, 0.717) is 16.7 Å². The molecule has 0 aliphatic rings. The van der Waals surface area contributed by atoms with Gasteiger partial charge < -0.3 is 10.5 Å². The number of fused-ring (bicyclic) bond motifs is 1. The molecule has 0 amide bonds. The summed E-state index contributed by atoms with van der Waals surface area (Å²) in [4.78, 5) is 24.2. The van der Waals surface area contributed by atoms with Gasteiger partial charge in [-0.05, 0) is 18.2 Å². The number of methoxy groups -OCH3 is 1. The van der Waals surface area contributed by atoms with Crippen molar-refractivity contribution in [3.05, 3.63) is 39.0 Å². The van der Waals surface area contributed by atoms with E-state index >= 15 is 0 Å². The highest BCUT2D eigenvalue weighted by molar-refractivity contribution is 5.79. The lowest BCUT2D eigenvalue weighted by atomic mass is 10.2. The van der Waals surface area contributed by atoms with Crippen molar-refractivity contribution in [2.75, 3.05) is 13.7 Å². The fourth-order valence-electron chi connectivity index (χ4n) is 1.95.